The van der Waals surface area contributed by atoms with Crippen LogP contribution in [0.4, 0.5) is 10.8 Å². The van der Waals surface area contributed by atoms with Crippen LogP contribution in [0.2, 0.25) is 0 Å². The number of hydrogen-bond donors (Lipinski definition) is 1. The number of benzene rings is 1. The van der Waals surface area contributed by atoms with Crippen molar-refractivity contribution in [3.8, 4) is 0 Å². The third kappa shape index (κ3) is 2.76. The van der Waals surface area contributed by atoms with E-state index in [1.54, 1.807) is 5.38 Å². The molecule has 3 heterocycles. The van der Waals surface area contributed by atoms with Gasteiger partial charge in [-0.3, -0.25) is 24.6 Å². The van der Waals surface area contributed by atoms with E-state index in [9.17, 15) is 24.8 Å². The number of hydrogen-bond acceptors (Lipinski definition) is 8. The molecule has 1 unspecified atom stereocenters. The Morgan fingerprint density at radius 3 is 2.61 bits per heavy atom. The van der Waals surface area contributed by atoms with Crippen molar-refractivity contribution >= 4 is 33.8 Å². The lowest BCUT2D eigenvalue weighted by Gasteiger charge is -2.24. The predicted molar refractivity (Wildman–Crippen MR) is 98.1 cm³/mol. The molecular formula is C18H11N3O6S. The molecule has 0 radical (unpaired) electrons. The van der Waals surface area contributed by atoms with Gasteiger partial charge >= 0.3 is 0 Å². The topological polar surface area (TPSA) is 127 Å². The quantitative estimate of drug-likeness (QED) is 0.397. The van der Waals surface area contributed by atoms with Crippen LogP contribution >= 0.6 is 11.3 Å². The molecule has 3 aromatic rings. The van der Waals surface area contributed by atoms with Gasteiger partial charge in [-0.15, -0.1) is 11.3 Å². The Bertz CT molecular complexity index is 1090. The van der Waals surface area contributed by atoms with Gasteiger partial charge in [0.05, 0.1) is 22.8 Å². The number of anilines is 1. The predicted octanol–water partition coefficient (Wildman–Crippen LogP) is 3.43. The number of aliphatic hydroxyl groups is 1. The number of furan rings is 1. The summed E-state index contributed by atoms with van der Waals surface area (Å²) >= 11 is 1.16. The third-order valence-corrected chi connectivity index (χ3v) is 5.01. The fraction of sp³-hybridized carbons (Fsp3) is 0.0556. The second-order valence-electron chi connectivity index (χ2n) is 5.81. The summed E-state index contributed by atoms with van der Waals surface area (Å²) < 4.78 is 5.13. The van der Waals surface area contributed by atoms with Gasteiger partial charge in [-0.2, -0.15) is 0 Å². The lowest BCUT2D eigenvalue weighted by Crippen LogP contribution is -2.30. The fourth-order valence-electron chi connectivity index (χ4n) is 3.00. The zero-order chi connectivity index (χ0) is 19.8. The Kier molecular flexibility index (Phi) is 4.24. The first-order valence-electron chi connectivity index (χ1n) is 7.97. The number of amides is 1. The smallest absolute Gasteiger partial charge is 0.296 e. The normalized spacial score (nSPS) is 16.6. The van der Waals surface area contributed by atoms with Gasteiger partial charge in [0.2, 0.25) is 5.78 Å². The lowest BCUT2D eigenvalue weighted by molar-refractivity contribution is -0.384. The van der Waals surface area contributed by atoms with E-state index in [-0.39, 0.29) is 22.2 Å². The molecule has 9 nitrogen and oxygen atoms in total. The first-order chi connectivity index (χ1) is 13.5. The molecule has 0 saturated heterocycles. The third-order valence-electron chi connectivity index (χ3n) is 4.24. The molecule has 0 spiro atoms. The number of ketones is 1. The Balaban J connectivity index is 1.86. The summed E-state index contributed by atoms with van der Waals surface area (Å²) in [5.41, 5.74) is 0.0955. The maximum Gasteiger partial charge on any atom is 0.296 e. The number of carbonyl (C=O) groups is 2. The van der Waals surface area contributed by atoms with E-state index in [0.29, 0.717) is 5.56 Å². The Morgan fingerprint density at radius 2 is 2.04 bits per heavy atom. The van der Waals surface area contributed by atoms with Crippen molar-refractivity contribution < 1.29 is 24.0 Å². The number of aliphatic hydroxyl groups excluding tert-OH is 1. The fourth-order valence-corrected chi connectivity index (χ4v) is 3.67. The number of nitro benzene ring substituents is 1. The molecule has 140 valence electrons. The molecule has 1 amide bonds. The summed E-state index contributed by atoms with van der Waals surface area (Å²) in [4.78, 5) is 41.3. The number of rotatable bonds is 5. The van der Waals surface area contributed by atoms with E-state index in [1.807, 2.05) is 0 Å². The Hall–Kier alpha value is -3.79. The van der Waals surface area contributed by atoms with Crippen LogP contribution in [0, 0.1) is 10.1 Å². The van der Waals surface area contributed by atoms with Crippen LogP contribution in [0.3, 0.4) is 0 Å². The Morgan fingerprint density at radius 1 is 1.29 bits per heavy atom. The second-order valence-corrected chi connectivity index (χ2v) is 6.68. The molecule has 1 atom stereocenters. The van der Waals surface area contributed by atoms with Gasteiger partial charge in [-0.05, 0) is 29.8 Å². The van der Waals surface area contributed by atoms with E-state index >= 15 is 0 Å². The summed E-state index contributed by atoms with van der Waals surface area (Å²) in [5.74, 6) is -2.19. The molecule has 0 aliphatic carbocycles. The van der Waals surface area contributed by atoms with Gasteiger partial charge in [0.15, 0.2) is 16.7 Å². The van der Waals surface area contributed by atoms with Gasteiger partial charge in [0.25, 0.3) is 11.6 Å². The van der Waals surface area contributed by atoms with Crippen LogP contribution in [0.15, 0.2) is 70.0 Å². The van der Waals surface area contributed by atoms with Crippen molar-refractivity contribution in [3.63, 3.8) is 0 Å². The minimum Gasteiger partial charge on any atom is -0.503 e. The number of nitro groups is 1. The van der Waals surface area contributed by atoms with Gasteiger partial charge in [-0.1, -0.05) is 0 Å². The van der Waals surface area contributed by atoms with Crippen molar-refractivity contribution in [2.45, 2.75) is 6.04 Å². The molecule has 1 aliphatic rings. The summed E-state index contributed by atoms with van der Waals surface area (Å²) in [5, 5.41) is 23.3. The number of aromatic nitrogens is 1. The monoisotopic (exact) mass is 397 g/mol. The summed E-state index contributed by atoms with van der Waals surface area (Å²) in [6.07, 6.45) is 2.80. The summed E-state index contributed by atoms with van der Waals surface area (Å²) in [6, 6.07) is 7.34. The Labute approximate surface area is 161 Å². The zero-order valence-corrected chi connectivity index (χ0v) is 14.8. The largest absolute Gasteiger partial charge is 0.503 e. The van der Waals surface area contributed by atoms with Crippen LogP contribution in [0.25, 0.3) is 0 Å². The van der Waals surface area contributed by atoms with Gasteiger partial charge < -0.3 is 9.52 Å². The van der Waals surface area contributed by atoms with Crippen molar-refractivity contribution in [1.82, 2.24) is 4.98 Å². The average molecular weight is 397 g/mol. The molecule has 4 rings (SSSR count). The van der Waals surface area contributed by atoms with E-state index in [0.717, 1.165) is 11.3 Å². The van der Waals surface area contributed by atoms with Crippen molar-refractivity contribution in [3.05, 3.63) is 87.0 Å². The van der Waals surface area contributed by atoms with Crippen LogP contribution in [-0.2, 0) is 4.79 Å². The van der Waals surface area contributed by atoms with E-state index in [2.05, 4.69) is 4.98 Å². The molecule has 0 saturated carbocycles. The van der Waals surface area contributed by atoms with Crippen molar-refractivity contribution in [2.24, 2.45) is 0 Å². The molecule has 2 aromatic heterocycles. The summed E-state index contributed by atoms with van der Waals surface area (Å²) in [6.45, 7) is 0. The highest BCUT2D eigenvalue weighted by atomic mass is 32.1. The van der Waals surface area contributed by atoms with Crippen LogP contribution in [0.5, 0.6) is 0 Å². The molecule has 0 fully saturated rings. The minimum atomic E-state index is -1.00. The van der Waals surface area contributed by atoms with Gasteiger partial charge in [-0.25, -0.2) is 4.98 Å². The van der Waals surface area contributed by atoms with Gasteiger partial charge in [0.1, 0.15) is 0 Å². The average Bonchev–Trinajstić information content (AvgIpc) is 3.43. The molecule has 10 heteroatoms. The maximum absolute atomic E-state index is 12.9. The lowest BCUT2D eigenvalue weighted by atomic mass is 9.95. The number of thiazole rings is 1. The highest BCUT2D eigenvalue weighted by molar-refractivity contribution is 7.13. The highest BCUT2D eigenvalue weighted by Crippen LogP contribution is 2.42. The molecule has 1 N–H and O–H groups in total. The van der Waals surface area contributed by atoms with Crippen LogP contribution < -0.4 is 4.90 Å². The van der Waals surface area contributed by atoms with Crippen LogP contribution in [-0.4, -0.2) is 26.7 Å². The van der Waals surface area contributed by atoms with Crippen LogP contribution in [0.1, 0.15) is 22.2 Å². The molecule has 1 aliphatic heterocycles. The standard InChI is InChI=1S/C18H11N3O6S/c22-15(12-2-1-8-27-12)13-14(10-3-5-11(6-4-10)21(25)26)20(17(24)16(13)23)18-19-7-9-28-18/h1-9,14,23H. The highest BCUT2D eigenvalue weighted by Gasteiger charge is 2.46. The van der Waals surface area contributed by atoms with Gasteiger partial charge in [0, 0.05) is 23.7 Å². The van der Waals surface area contributed by atoms with Crippen molar-refractivity contribution in [1.29, 1.82) is 0 Å². The minimum absolute atomic E-state index is 0.0396. The second kappa shape index (κ2) is 6.74. The first kappa shape index (κ1) is 17.6. The number of carbonyl (C=O) groups excluding carboxylic acids is 2. The van der Waals surface area contributed by atoms with Crippen molar-refractivity contribution in [2.75, 3.05) is 4.90 Å². The molecular weight excluding hydrogens is 386 g/mol. The number of Topliss-reactive ketones (excluding diaryl/α,β-unsaturated/α-hetero) is 1. The molecule has 0 bridgehead atoms. The SMILES string of the molecule is O=C(C1=C(O)C(=O)N(c2nccs2)C1c1ccc([N+](=O)[O-])cc1)c1ccco1. The molecule has 1 aromatic carbocycles. The van der Waals surface area contributed by atoms with E-state index < -0.39 is 28.4 Å². The summed E-state index contributed by atoms with van der Waals surface area (Å²) in [7, 11) is 0. The number of non-ortho nitro benzene ring substituents is 1. The number of nitrogens with zero attached hydrogens (tertiary/aromatic N) is 3. The van der Waals surface area contributed by atoms with E-state index in [4.69, 9.17) is 4.42 Å². The maximum atomic E-state index is 12.9. The van der Waals surface area contributed by atoms with E-state index in [1.165, 1.54) is 53.8 Å². The zero-order valence-electron chi connectivity index (χ0n) is 14.0. The molecule has 28 heavy (non-hydrogen) atoms. The first-order valence-corrected chi connectivity index (χ1v) is 8.85.